The van der Waals surface area contributed by atoms with Crippen LogP contribution in [0.2, 0.25) is 0 Å². The number of rotatable bonds is 3. The monoisotopic (exact) mass is 362 g/mol. The van der Waals surface area contributed by atoms with E-state index in [1.165, 1.54) is 0 Å². The van der Waals surface area contributed by atoms with E-state index in [0.717, 1.165) is 12.1 Å². The van der Waals surface area contributed by atoms with Crippen LogP contribution in [0.4, 0.5) is 0 Å². The minimum absolute atomic E-state index is 0.00447. The standard InChI is InChI=1S/C18H26N4O4/c1-13-7-15(20(2)19-13)17(24)22-11-18(12-22)9-14(10-26-18)8-16(23)21-3-5-25-6-4-21/h7,14H,3-6,8-12H2,1-2H3. The van der Waals surface area contributed by atoms with Crippen LogP contribution in [0, 0.1) is 12.8 Å². The van der Waals surface area contributed by atoms with Crippen molar-refractivity contribution in [3.05, 3.63) is 17.5 Å². The van der Waals surface area contributed by atoms with Crippen LogP contribution >= 0.6 is 0 Å². The van der Waals surface area contributed by atoms with Crippen LogP contribution in [0.3, 0.4) is 0 Å². The van der Waals surface area contributed by atoms with Crippen molar-refractivity contribution >= 4 is 11.8 Å². The molecule has 3 fully saturated rings. The van der Waals surface area contributed by atoms with Crippen LogP contribution in [0.15, 0.2) is 6.07 Å². The number of morpholine rings is 1. The summed E-state index contributed by atoms with van der Waals surface area (Å²) in [5.74, 6) is 0.424. The Bertz CT molecular complexity index is 704. The molecule has 1 aromatic heterocycles. The molecule has 1 spiro atoms. The summed E-state index contributed by atoms with van der Waals surface area (Å²) >= 11 is 0. The van der Waals surface area contributed by atoms with Crippen molar-refractivity contribution in [2.24, 2.45) is 13.0 Å². The summed E-state index contributed by atoms with van der Waals surface area (Å²) in [6.07, 6.45) is 1.37. The number of hydrogen-bond donors (Lipinski definition) is 0. The van der Waals surface area contributed by atoms with Gasteiger partial charge in [0.15, 0.2) is 0 Å². The number of aryl methyl sites for hydroxylation is 2. The quantitative estimate of drug-likeness (QED) is 0.768. The topological polar surface area (TPSA) is 76.9 Å². The van der Waals surface area contributed by atoms with Gasteiger partial charge < -0.3 is 19.3 Å². The molecule has 8 nitrogen and oxygen atoms in total. The molecule has 3 saturated heterocycles. The van der Waals surface area contributed by atoms with Gasteiger partial charge in [0.25, 0.3) is 5.91 Å². The average molecular weight is 362 g/mol. The molecule has 0 N–H and O–H groups in total. The summed E-state index contributed by atoms with van der Waals surface area (Å²) in [6, 6.07) is 1.81. The molecule has 1 atom stereocenters. The normalized spacial score (nSPS) is 24.8. The zero-order chi connectivity index (χ0) is 18.3. The Balaban J connectivity index is 1.29. The van der Waals surface area contributed by atoms with Crippen LogP contribution in [-0.2, 0) is 21.3 Å². The predicted molar refractivity (Wildman–Crippen MR) is 92.7 cm³/mol. The zero-order valence-electron chi connectivity index (χ0n) is 15.4. The van der Waals surface area contributed by atoms with Gasteiger partial charge in [-0.15, -0.1) is 0 Å². The maximum Gasteiger partial charge on any atom is 0.272 e. The maximum atomic E-state index is 12.6. The van der Waals surface area contributed by atoms with Gasteiger partial charge in [0, 0.05) is 26.6 Å². The average Bonchev–Trinajstić information content (AvgIpc) is 3.17. The second-order valence-electron chi connectivity index (χ2n) is 7.72. The number of hydrogen-bond acceptors (Lipinski definition) is 5. The van der Waals surface area contributed by atoms with Crippen molar-refractivity contribution in [2.75, 3.05) is 46.0 Å². The van der Waals surface area contributed by atoms with Gasteiger partial charge in [0.05, 0.1) is 38.6 Å². The molecule has 2 amide bonds. The third-order valence-electron chi connectivity index (χ3n) is 5.58. The van der Waals surface area contributed by atoms with Crippen molar-refractivity contribution in [1.82, 2.24) is 19.6 Å². The number of likely N-dealkylation sites (tertiary alicyclic amines) is 1. The molecule has 4 heterocycles. The first-order valence-electron chi connectivity index (χ1n) is 9.25. The first-order chi connectivity index (χ1) is 12.5. The van der Waals surface area contributed by atoms with Crippen molar-refractivity contribution in [3.8, 4) is 0 Å². The molecule has 3 aliphatic rings. The lowest BCUT2D eigenvalue weighted by Gasteiger charge is -2.47. The van der Waals surface area contributed by atoms with Gasteiger partial charge in [0.1, 0.15) is 11.3 Å². The minimum Gasteiger partial charge on any atom is -0.378 e. The lowest BCUT2D eigenvalue weighted by atomic mass is 9.85. The Kier molecular flexibility index (Phi) is 4.48. The van der Waals surface area contributed by atoms with E-state index < -0.39 is 0 Å². The zero-order valence-corrected chi connectivity index (χ0v) is 15.4. The van der Waals surface area contributed by atoms with Crippen LogP contribution < -0.4 is 0 Å². The fourth-order valence-corrected chi connectivity index (χ4v) is 4.24. The van der Waals surface area contributed by atoms with Crippen molar-refractivity contribution in [2.45, 2.75) is 25.4 Å². The Hall–Kier alpha value is -1.93. The van der Waals surface area contributed by atoms with Gasteiger partial charge in [-0.25, -0.2) is 0 Å². The Morgan fingerprint density at radius 1 is 1.27 bits per heavy atom. The van der Waals surface area contributed by atoms with Crippen LogP contribution in [0.25, 0.3) is 0 Å². The molecular weight excluding hydrogens is 336 g/mol. The summed E-state index contributed by atoms with van der Waals surface area (Å²) in [5.41, 5.74) is 1.18. The van der Waals surface area contributed by atoms with Gasteiger partial charge in [-0.2, -0.15) is 5.10 Å². The van der Waals surface area contributed by atoms with Gasteiger partial charge >= 0.3 is 0 Å². The molecule has 0 saturated carbocycles. The summed E-state index contributed by atoms with van der Waals surface area (Å²) in [7, 11) is 1.79. The summed E-state index contributed by atoms with van der Waals surface area (Å²) < 4.78 is 12.9. The van der Waals surface area contributed by atoms with Crippen LogP contribution in [0.5, 0.6) is 0 Å². The molecule has 0 radical (unpaired) electrons. The maximum absolute atomic E-state index is 12.6. The molecule has 0 aliphatic carbocycles. The van der Waals surface area contributed by atoms with Crippen LogP contribution in [0.1, 0.15) is 29.0 Å². The molecule has 1 aromatic rings. The largest absolute Gasteiger partial charge is 0.378 e. The predicted octanol–water partition coefficient (Wildman–Crippen LogP) is 0.209. The number of carbonyl (C=O) groups excluding carboxylic acids is 2. The molecule has 4 rings (SSSR count). The number of ether oxygens (including phenoxy) is 2. The second-order valence-corrected chi connectivity index (χ2v) is 7.72. The highest BCUT2D eigenvalue weighted by Gasteiger charge is 2.51. The van der Waals surface area contributed by atoms with Crippen LogP contribution in [-0.4, -0.2) is 83.0 Å². The first kappa shape index (κ1) is 17.5. The molecular formula is C18H26N4O4. The molecule has 0 aromatic carbocycles. The van der Waals surface area contributed by atoms with E-state index in [0.29, 0.717) is 58.1 Å². The number of aromatic nitrogens is 2. The number of nitrogens with zero attached hydrogens (tertiary/aromatic N) is 4. The van der Waals surface area contributed by atoms with E-state index in [4.69, 9.17) is 9.47 Å². The first-order valence-corrected chi connectivity index (χ1v) is 9.25. The van der Waals surface area contributed by atoms with E-state index in [-0.39, 0.29) is 23.3 Å². The lowest BCUT2D eigenvalue weighted by Crippen LogP contribution is -2.63. The second kappa shape index (κ2) is 6.66. The smallest absolute Gasteiger partial charge is 0.272 e. The van der Waals surface area contributed by atoms with E-state index in [9.17, 15) is 9.59 Å². The molecule has 8 heteroatoms. The lowest BCUT2D eigenvalue weighted by molar-refractivity contribution is -0.136. The molecule has 26 heavy (non-hydrogen) atoms. The van der Waals surface area contributed by atoms with E-state index in [2.05, 4.69) is 5.10 Å². The summed E-state index contributed by atoms with van der Waals surface area (Å²) in [4.78, 5) is 28.7. The van der Waals surface area contributed by atoms with Gasteiger partial charge in [-0.05, 0) is 25.3 Å². The highest BCUT2D eigenvalue weighted by Crippen LogP contribution is 2.39. The third kappa shape index (κ3) is 3.23. The molecule has 1 unspecified atom stereocenters. The highest BCUT2D eigenvalue weighted by atomic mass is 16.5. The van der Waals surface area contributed by atoms with E-state index in [1.54, 1.807) is 11.7 Å². The number of amides is 2. The fraction of sp³-hybridized carbons (Fsp3) is 0.722. The SMILES string of the molecule is Cc1cc(C(=O)N2CC3(CC(CC(=O)N4CCOCC4)CO3)C2)n(C)n1. The van der Waals surface area contributed by atoms with E-state index in [1.807, 2.05) is 22.8 Å². The fourth-order valence-electron chi connectivity index (χ4n) is 4.24. The molecule has 3 aliphatic heterocycles. The summed E-state index contributed by atoms with van der Waals surface area (Å²) in [6.45, 7) is 6.29. The molecule has 0 bridgehead atoms. The minimum atomic E-state index is -0.265. The van der Waals surface area contributed by atoms with Gasteiger partial charge in [0.2, 0.25) is 5.91 Å². The Labute approximate surface area is 153 Å². The van der Waals surface area contributed by atoms with Crippen molar-refractivity contribution in [3.63, 3.8) is 0 Å². The van der Waals surface area contributed by atoms with Gasteiger partial charge in [-0.3, -0.25) is 14.3 Å². The van der Waals surface area contributed by atoms with E-state index >= 15 is 0 Å². The van der Waals surface area contributed by atoms with Gasteiger partial charge in [-0.1, -0.05) is 0 Å². The molecule has 142 valence electrons. The summed E-state index contributed by atoms with van der Waals surface area (Å²) in [5, 5.41) is 4.24. The highest BCUT2D eigenvalue weighted by molar-refractivity contribution is 5.93. The Morgan fingerprint density at radius 2 is 2.00 bits per heavy atom. The van der Waals surface area contributed by atoms with Crippen molar-refractivity contribution < 1.29 is 19.1 Å². The van der Waals surface area contributed by atoms with Crippen molar-refractivity contribution in [1.29, 1.82) is 0 Å². The number of carbonyl (C=O) groups is 2. The Morgan fingerprint density at radius 3 is 2.65 bits per heavy atom. The third-order valence-corrected chi connectivity index (χ3v) is 5.58.